The highest BCUT2D eigenvalue weighted by Crippen LogP contribution is 2.26. The summed E-state index contributed by atoms with van der Waals surface area (Å²) in [5.74, 6) is -0.185. The molecule has 1 atom stereocenters. The Hall–Kier alpha value is -2.18. The van der Waals surface area contributed by atoms with Gasteiger partial charge in [-0.25, -0.2) is 0 Å². The first-order valence-electron chi connectivity index (χ1n) is 7.90. The van der Waals surface area contributed by atoms with Gasteiger partial charge in [-0.15, -0.1) is 0 Å². The number of carbonyl (C=O) groups is 1. The van der Waals surface area contributed by atoms with Crippen molar-refractivity contribution in [3.8, 4) is 0 Å². The van der Waals surface area contributed by atoms with Crippen LogP contribution in [0.2, 0.25) is 0 Å². The molecule has 1 amide bonds. The minimum absolute atomic E-state index is 0.101. The molecule has 0 bridgehead atoms. The number of β-amino-alcohol motifs (C(OH)–C–C–N with tert-alkyl or cyclic N) is 1. The van der Waals surface area contributed by atoms with Gasteiger partial charge in [-0.05, 0) is 24.9 Å². The van der Waals surface area contributed by atoms with Crippen LogP contribution in [0, 0.1) is 0 Å². The van der Waals surface area contributed by atoms with E-state index in [1.807, 2.05) is 18.2 Å². The lowest BCUT2D eigenvalue weighted by Gasteiger charge is -2.39. The Balaban J connectivity index is 1.56. The number of likely N-dealkylation sites (tertiary alicyclic amines) is 1. The summed E-state index contributed by atoms with van der Waals surface area (Å²) in [5.41, 5.74) is 0.871. The van der Waals surface area contributed by atoms with E-state index in [-0.39, 0.29) is 12.3 Å². The minimum atomic E-state index is -0.971. The zero-order valence-corrected chi connectivity index (χ0v) is 13.0. The fourth-order valence-electron chi connectivity index (χ4n) is 3.15. The Morgan fingerprint density at radius 2 is 2.22 bits per heavy atom. The number of nitrogens with one attached hydrogen (secondary N) is 2. The Labute approximate surface area is 135 Å². The van der Waals surface area contributed by atoms with Gasteiger partial charge in [0.05, 0.1) is 23.9 Å². The number of carbonyl (C=O) groups excluding carboxylic acids is 1. The minimum Gasteiger partial charge on any atom is -0.388 e. The Morgan fingerprint density at radius 3 is 2.96 bits per heavy atom. The molecule has 1 saturated heterocycles. The number of rotatable bonds is 5. The van der Waals surface area contributed by atoms with Gasteiger partial charge >= 0.3 is 0 Å². The zero-order valence-electron chi connectivity index (χ0n) is 13.0. The van der Waals surface area contributed by atoms with Crippen molar-refractivity contribution in [2.45, 2.75) is 31.4 Å². The molecule has 122 valence electrons. The maximum Gasteiger partial charge on any atom is 0.227 e. The van der Waals surface area contributed by atoms with E-state index in [0.717, 1.165) is 19.5 Å². The van der Waals surface area contributed by atoms with Crippen LogP contribution in [0.1, 0.15) is 24.8 Å². The summed E-state index contributed by atoms with van der Waals surface area (Å²) in [5, 5.41) is 20.0. The van der Waals surface area contributed by atoms with E-state index < -0.39 is 5.60 Å². The number of anilines is 1. The standard InChI is InChI=1S/C17H22N4O2/c22-16(20-15-10-18-19-11-15)9-17(23)7-4-8-21(13-17)12-14-5-2-1-3-6-14/h1-3,5-6,10-11,23H,4,7-9,12-13H2,(H,18,19)(H,20,22). The van der Waals surface area contributed by atoms with Crippen molar-refractivity contribution in [1.29, 1.82) is 0 Å². The number of nitrogens with zero attached hydrogens (tertiary/aromatic N) is 2. The van der Waals surface area contributed by atoms with E-state index in [4.69, 9.17) is 0 Å². The number of H-pyrrole nitrogens is 1. The predicted octanol–water partition coefficient (Wildman–Crippen LogP) is 1.77. The van der Waals surface area contributed by atoms with Crippen LogP contribution in [0.15, 0.2) is 42.7 Å². The molecule has 1 aromatic carbocycles. The first-order chi connectivity index (χ1) is 11.1. The highest BCUT2D eigenvalue weighted by Gasteiger charge is 2.35. The fourth-order valence-corrected chi connectivity index (χ4v) is 3.15. The maximum absolute atomic E-state index is 12.1. The normalized spacial score (nSPS) is 22.0. The highest BCUT2D eigenvalue weighted by atomic mass is 16.3. The third-order valence-corrected chi connectivity index (χ3v) is 4.15. The second kappa shape index (κ2) is 6.93. The van der Waals surface area contributed by atoms with E-state index in [9.17, 15) is 9.90 Å². The molecule has 3 rings (SSSR count). The molecule has 6 nitrogen and oxygen atoms in total. The zero-order chi connectivity index (χ0) is 16.1. The topological polar surface area (TPSA) is 81.2 Å². The Morgan fingerprint density at radius 1 is 1.39 bits per heavy atom. The predicted molar refractivity (Wildman–Crippen MR) is 87.7 cm³/mol. The van der Waals surface area contributed by atoms with Crippen LogP contribution < -0.4 is 5.32 Å². The number of aromatic nitrogens is 2. The first kappa shape index (κ1) is 15.7. The number of amides is 1. The van der Waals surface area contributed by atoms with E-state index in [1.165, 1.54) is 5.56 Å². The van der Waals surface area contributed by atoms with Crippen molar-refractivity contribution in [3.63, 3.8) is 0 Å². The highest BCUT2D eigenvalue weighted by molar-refractivity contribution is 5.91. The van der Waals surface area contributed by atoms with Gasteiger partial charge in [0.15, 0.2) is 0 Å². The van der Waals surface area contributed by atoms with Gasteiger partial charge in [0.25, 0.3) is 0 Å². The number of benzene rings is 1. The summed E-state index contributed by atoms with van der Waals surface area (Å²) in [4.78, 5) is 14.3. The quantitative estimate of drug-likeness (QED) is 0.785. The number of piperidine rings is 1. The van der Waals surface area contributed by atoms with Gasteiger partial charge in [-0.1, -0.05) is 30.3 Å². The molecule has 2 aromatic rings. The van der Waals surface area contributed by atoms with Crippen LogP contribution in [0.5, 0.6) is 0 Å². The number of aliphatic hydroxyl groups is 1. The molecule has 1 aromatic heterocycles. The van der Waals surface area contributed by atoms with Crippen LogP contribution in [-0.2, 0) is 11.3 Å². The molecule has 0 spiro atoms. The number of hydrogen-bond donors (Lipinski definition) is 3. The molecule has 23 heavy (non-hydrogen) atoms. The van der Waals surface area contributed by atoms with Crippen molar-refractivity contribution >= 4 is 11.6 Å². The molecule has 1 unspecified atom stereocenters. The molecule has 0 radical (unpaired) electrons. The molecule has 0 aliphatic carbocycles. The van der Waals surface area contributed by atoms with Gasteiger partial charge in [-0.3, -0.25) is 14.8 Å². The molecule has 2 heterocycles. The van der Waals surface area contributed by atoms with E-state index in [2.05, 4.69) is 32.5 Å². The van der Waals surface area contributed by atoms with Gasteiger partial charge in [0.2, 0.25) is 5.91 Å². The smallest absolute Gasteiger partial charge is 0.227 e. The second-order valence-corrected chi connectivity index (χ2v) is 6.24. The van der Waals surface area contributed by atoms with E-state index in [0.29, 0.717) is 18.7 Å². The van der Waals surface area contributed by atoms with Gasteiger partial charge in [0.1, 0.15) is 0 Å². The molecule has 6 heteroatoms. The lowest BCUT2D eigenvalue weighted by atomic mass is 9.89. The molecule has 3 N–H and O–H groups in total. The monoisotopic (exact) mass is 314 g/mol. The largest absolute Gasteiger partial charge is 0.388 e. The number of hydrogen-bond acceptors (Lipinski definition) is 4. The summed E-state index contributed by atoms with van der Waals surface area (Å²) < 4.78 is 0. The molecular weight excluding hydrogens is 292 g/mol. The molecule has 1 aliphatic heterocycles. The van der Waals surface area contributed by atoms with E-state index >= 15 is 0 Å². The third-order valence-electron chi connectivity index (χ3n) is 4.15. The summed E-state index contributed by atoms with van der Waals surface area (Å²) >= 11 is 0. The molecule has 1 fully saturated rings. The van der Waals surface area contributed by atoms with Crippen molar-refractivity contribution < 1.29 is 9.90 Å². The lowest BCUT2D eigenvalue weighted by molar-refractivity contribution is -0.123. The maximum atomic E-state index is 12.1. The lowest BCUT2D eigenvalue weighted by Crippen LogP contribution is -2.49. The van der Waals surface area contributed by atoms with Crippen molar-refractivity contribution in [2.24, 2.45) is 0 Å². The second-order valence-electron chi connectivity index (χ2n) is 6.24. The first-order valence-corrected chi connectivity index (χ1v) is 7.90. The van der Waals surface area contributed by atoms with Gasteiger partial charge < -0.3 is 10.4 Å². The Kier molecular flexibility index (Phi) is 4.73. The molecule has 0 saturated carbocycles. The fraction of sp³-hybridized carbons (Fsp3) is 0.412. The summed E-state index contributed by atoms with van der Waals surface area (Å²) in [6.45, 7) is 2.26. The van der Waals surface area contributed by atoms with E-state index in [1.54, 1.807) is 12.4 Å². The van der Waals surface area contributed by atoms with Crippen molar-refractivity contribution in [1.82, 2.24) is 15.1 Å². The third kappa shape index (κ3) is 4.40. The summed E-state index contributed by atoms with van der Waals surface area (Å²) in [6.07, 6.45) is 4.80. The SMILES string of the molecule is O=C(CC1(O)CCCN(Cc2ccccc2)C1)Nc1cn[nH]c1. The van der Waals surface area contributed by atoms with Crippen LogP contribution in [0.3, 0.4) is 0 Å². The number of aromatic amines is 1. The average Bonchev–Trinajstić information content (AvgIpc) is 3.00. The molecular formula is C17H22N4O2. The average molecular weight is 314 g/mol. The van der Waals surface area contributed by atoms with Crippen LogP contribution >= 0.6 is 0 Å². The van der Waals surface area contributed by atoms with Crippen LogP contribution in [0.25, 0.3) is 0 Å². The van der Waals surface area contributed by atoms with Gasteiger partial charge in [0, 0.05) is 19.3 Å². The van der Waals surface area contributed by atoms with Gasteiger partial charge in [-0.2, -0.15) is 5.10 Å². The van der Waals surface area contributed by atoms with Crippen molar-refractivity contribution in [2.75, 3.05) is 18.4 Å². The molecule has 1 aliphatic rings. The summed E-state index contributed by atoms with van der Waals surface area (Å²) in [6, 6.07) is 10.2. The van der Waals surface area contributed by atoms with Crippen LogP contribution in [0.4, 0.5) is 5.69 Å². The Bertz CT molecular complexity index is 629. The van der Waals surface area contributed by atoms with Crippen molar-refractivity contribution in [3.05, 3.63) is 48.3 Å². The van der Waals surface area contributed by atoms with Crippen LogP contribution in [-0.4, -0.2) is 44.8 Å². The summed E-state index contributed by atoms with van der Waals surface area (Å²) in [7, 11) is 0.